The van der Waals surface area contributed by atoms with Crippen molar-refractivity contribution in [2.75, 3.05) is 0 Å². The second-order valence-corrected chi connectivity index (χ2v) is 6.15. The number of nitriles is 1. The maximum Gasteiger partial charge on any atom is 0.313 e. The third kappa shape index (κ3) is 4.18. The van der Waals surface area contributed by atoms with Crippen LogP contribution in [0, 0.1) is 17.1 Å². The number of hydrogen-bond acceptors (Lipinski definition) is 4. The first-order valence-corrected chi connectivity index (χ1v) is 7.71. The van der Waals surface area contributed by atoms with Gasteiger partial charge in [0, 0.05) is 0 Å². The van der Waals surface area contributed by atoms with E-state index in [9.17, 15) is 12.8 Å². The molecule has 0 amide bonds. The molecule has 108 valence electrons. The van der Waals surface area contributed by atoms with Crippen LogP contribution in [-0.2, 0) is 15.9 Å². The zero-order chi connectivity index (χ0) is 15.5. The molecular weight excluding hydrogens is 317 g/mol. The van der Waals surface area contributed by atoms with Crippen molar-refractivity contribution in [3.63, 3.8) is 0 Å². The van der Waals surface area contributed by atoms with Crippen molar-refractivity contribution < 1.29 is 17.0 Å². The summed E-state index contributed by atoms with van der Waals surface area (Å²) < 4.78 is 41.8. The van der Waals surface area contributed by atoms with E-state index in [2.05, 4.69) is 0 Å². The summed E-state index contributed by atoms with van der Waals surface area (Å²) in [4.78, 5) is 0. The van der Waals surface area contributed by atoms with Crippen LogP contribution in [-0.4, -0.2) is 8.42 Å². The zero-order valence-corrected chi connectivity index (χ0v) is 12.2. The normalized spacial score (nSPS) is 10.9. The van der Waals surface area contributed by atoms with E-state index in [-0.39, 0.29) is 21.9 Å². The fourth-order valence-corrected chi connectivity index (χ4v) is 2.97. The Morgan fingerprint density at radius 1 is 1.24 bits per heavy atom. The number of benzene rings is 2. The molecule has 0 radical (unpaired) electrons. The molecule has 0 saturated carbocycles. The zero-order valence-electron chi connectivity index (χ0n) is 10.6. The van der Waals surface area contributed by atoms with Crippen LogP contribution in [0.15, 0.2) is 42.5 Å². The Morgan fingerprint density at radius 2 is 2.00 bits per heavy atom. The van der Waals surface area contributed by atoms with Crippen LogP contribution in [0.2, 0.25) is 5.02 Å². The van der Waals surface area contributed by atoms with Gasteiger partial charge >= 0.3 is 10.1 Å². The Kier molecular flexibility index (Phi) is 4.46. The summed E-state index contributed by atoms with van der Waals surface area (Å²) in [6, 6.07) is 11.1. The molecule has 0 unspecified atom stereocenters. The first-order chi connectivity index (χ1) is 9.89. The van der Waals surface area contributed by atoms with Gasteiger partial charge in [0.05, 0.1) is 16.7 Å². The standard InChI is InChI=1S/C14H9ClFNO3S/c15-13-7-10(8-17)4-5-14(13)20-21(18,19)9-11-2-1-3-12(16)6-11/h1-7H,9H2. The molecule has 2 rings (SSSR count). The smallest absolute Gasteiger partial charge is 0.313 e. The predicted molar refractivity (Wildman–Crippen MR) is 75.8 cm³/mol. The number of rotatable bonds is 4. The molecule has 0 atom stereocenters. The minimum absolute atomic E-state index is 0.0110. The molecule has 0 heterocycles. The van der Waals surface area contributed by atoms with Crippen molar-refractivity contribution in [1.29, 1.82) is 5.26 Å². The average molecular weight is 326 g/mol. The second kappa shape index (κ2) is 6.12. The highest BCUT2D eigenvalue weighted by Gasteiger charge is 2.16. The van der Waals surface area contributed by atoms with Gasteiger partial charge in [-0.05, 0) is 35.9 Å². The van der Waals surface area contributed by atoms with Crippen molar-refractivity contribution in [3.8, 4) is 11.8 Å². The molecule has 21 heavy (non-hydrogen) atoms. The van der Waals surface area contributed by atoms with Gasteiger partial charge in [-0.25, -0.2) is 4.39 Å². The van der Waals surface area contributed by atoms with Gasteiger partial charge in [0.25, 0.3) is 0 Å². The summed E-state index contributed by atoms with van der Waals surface area (Å²) >= 11 is 5.84. The van der Waals surface area contributed by atoms with Crippen molar-refractivity contribution in [2.24, 2.45) is 0 Å². The number of halogens is 2. The van der Waals surface area contributed by atoms with E-state index >= 15 is 0 Å². The monoisotopic (exact) mass is 325 g/mol. The van der Waals surface area contributed by atoms with Crippen LogP contribution in [0.25, 0.3) is 0 Å². The fourth-order valence-electron chi connectivity index (χ4n) is 1.64. The summed E-state index contributed by atoms with van der Waals surface area (Å²) in [5.41, 5.74) is 0.551. The molecule has 0 aromatic heterocycles. The van der Waals surface area contributed by atoms with E-state index in [1.165, 1.54) is 36.4 Å². The van der Waals surface area contributed by atoms with Crippen molar-refractivity contribution >= 4 is 21.7 Å². The minimum atomic E-state index is -3.98. The Labute approximate surface area is 126 Å². The second-order valence-electron chi connectivity index (χ2n) is 4.17. The lowest BCUT2D eigenvalue weighted by Gasteiger charge is -2.08. The van der Waals surface area contributed by atoms with Gasteiger partial charge in [0.2, 0.25) is 0 Å². The molecule has 4 nitrogen and oxygen atoms in total. The van der Waals surface area contributed by atoms with Crippen LogP contribution in [0.1, 0.15) is 11.1 Å². The molecule has 0 saturated heterocycles. The van der Waals surface area contributed by atoms with E-state index in [4.69, 9.17) is 21.0 Å². The Balaban J connectivity index is 2.20. The summed E-state index contributed by atoms with van der Waals surface area (Å²) in [5, 5.41) is 8.71. The Hall–Kier alpha value is -2.10. The van der Waals surface area contributed by atoms with E-state index < -0.39 is 21.7 Å². The summed E-state index contributed by atoms with van der Waals surface area (Å²) in [6.07, 6.45) is 0. The highest BCUT2D eigenvalue weighted by molar-refractivity contribution is 7.86. The van der Waals surface area contributed by atoms with Crippen LogP contribution in [0.3, 0.4) is 0 Å². The average Bonchev–Trinajstić information content (AvgIpc) is 2.40. The Morgan fingerprint density at radius 3 is 2.62 bits per heavy atom. The molecule has 0 fully saturated rings. The fraction of sp³-hybridized carbons (Fsp3) is 0.0714. The molecule has 0 aliphatic rings. The number of nitrogens with zero attached hydrogens (tertiary/aromatic N) is 1. The van der Waals surface area contributed by atoms with Gasteiger partial charge < -0.3 is 4.18 Å². The molecule has 2 aromatic carbocycles. The summed E-state index contributed by atoms with van der Waals surface area (Å²) in [5.74, 6) is -1.09. The molecule has 2 aromatic rings. The number of hydrogen-bond donors (Lipinski definition) is 0. The van der Waals surface area contributed by atoms with E-state index in [1.807, 2.05) is 6.07 Å². The minimum Gasteiger partial charge on any atom is -0.381 e. The topological polar surface area (TPSA) is 67.2 Å². The molecule has 0 aliphatic carbocycles. The molecule has 7 heteroatoms. The Bertz CT molecular complexity index is 815. The molecule has 0 bridgehead atoms. The van der Waals surface area contributed by atoms with E-state index in [0.717, 1.165) is 6.07 Å². The SMILES string of the molecule is N#Cc1ccc(OS(=O)(=O)Cc2cccc(F)c2)c(Cl)c1. The summed E-state index contributed by atoms with van der Waals surface area (Å²) in [6.45, 7) is 0. The lowest BCUT2D eigenvalue weighted by atomic mass is 10.2. The van der Waals surface area contributed by atoms with Gasteiger partial charge in [0.15, 0.2) is 5.75 Å². The first kappa shape index (κ1) is 15.3. The van der Waals surface area contributed by atoms with Gasteiger partial charge in [-0.1, -0.05) is 23.7 Å². The quantitative estimate of drug-likeness (QED) is 0.809. The van der Waals surface area contributed by atoms with Crippen molar-refractivity contribution in [2.45, 2.75) is 5.75 Å². The molecule has 0 spiro atoms. The van der Waals surface area contributed by atoms with E-state index in [0.29, 0.717) is 0 Å². The van der Waals surface area contributed by atoms with Gasteiger partial charge in [-0.2, -0.15) is 13.7 Å². The van der Waals surface area contributed by atoms with Crippen LogP contribution < -0.4 is 4.18 Å². The maximum atomic E-state index is 13.0. The first-order valence-electron chi connectivity index (χ1n) is 5.76. The van der Waals surface area contributed by atoms with Gasteiger partial charge in [0.1, 0.15) is 11.6 Å². The highest BCUT2D eigenvalue weighted by Crippen LogP contribution is 2.27. The molecule has 0 aliphatic heterocycles. The summed E-state index contributed by atoms with van der Waals surface area (Å²) in [7, 11) is -3.98. The maximum absolute atomic E-state index is 13.0. The van der Waals surface area contributed by atoms with Crippen molar-refractivity contribution in [3.05, 3.63) is 64.4 Å². The highest BCUT2D eigenvalue weighted by atomic mass is 35.5. The third-order valence-electron chi connectivity index (χ3n) is 2.51. The largest absolute Gasteiger partial charge is 0.381 e. The van der Waals surface area contributed by atoms with Gasteiger partial charge in [-0.3, -0.25) is 0 Å². The van der Waals surface area contributed by atoms with Crippen molar-refractivity contribution in [1.82, 2.24) is 0 Å². The van der Waals surface area contributed by atoms with E-state index in [1.54, 1.807) is 0 Å². The lowest BCUT2D eigenvalue weighted by molar-refractivity contribution is 0.485. The van der Waals surface area contributed by atoms with Crippen LogP contribution in [0.5, 0.6) is 5.75 Å². The lowest BCUT2D eigenvalue weighted by Crippen LogP contribution is -2.12. The predicted octanol–water partition coefficient (Wildman–Crippen LogP) is 3.26. The molecule has 0 N–H and O–H groups in total. The molecular formula is C14H9ClFNO3S. The van der Waals surface area contributed by atoms with Gasteiger partial charge in [-0.15, -0.1) is 0 Å². The third-order valence-corrected chi connectivity index (χ3v) is 3.93. The van der Waals surface area contributed by atoms with Crippen LogP contribution >= 0.6 is 11.6 Å². The van der Waals surface area contributed by atoms with Crippen LogP contribution in [0.4, 0.5) is 4.39 Å².